The minimum absolute atomic E-state index is 0.260. The van der Waals surface area contributed by atoms with Crippen LogP contribution in [0.25, 0.3) is 0 Å². The van der Waals surface area contributed by atoms with Crippen molar-refractivity contribution in [1.29, 1.82) is 0 Å². The number of nitrogens with zero attached hydrogens (tertiary/aromatic N) is 1. The Morgan fingerprint density at radius 3 is 3.00 bits per heavy atom. The van der Waals surface area contributed by atoms with Gasteiger partial charge in [-0.1, -0.05) is 31.0 Å². The monoisotopic (exact) mass is 307 g/mol. The van der Waals surface area contributed by atoms with E-state index in [9.17, 15) is 4.79 Å². The lowest BCUT2D eigenvalue weighted by Crippen LogP contribution is -2.30. The number of benzene rings is 1. The molecule has 0 aliphatic carbocycles. The van der Waals surface area contributed by atoms with Gasteiger partial charge in [-0.05, 0) is 31.5 Å². The summed E-state index contributed by atoms with van der Waals surface area (Å²) in [5.74, 6) is 0.799. The number of amides is 1. The van der Waals surface area contributed by atoms with Crippen LogP contribution in [-0.2, 0) is 11.2 Å². The number of rotatable bonds is 6. The van der Waals surface area contributed by atoms with Crippen molar-refractivity contribution in [3.05, 3.63) is 41.0 Å². The van der Waals surface area contributed by atoms with Crippen LogP contribution in [0.3, 0.4) is 0 Å². The van der Waals surface area contributed by atoms with Crippen LogP contribution in [0.5, 0.6) is 5.75 Å². The molecule has 5 nitrogen and oxygen atoms in total. The molecule has 0 saturated carbocycles. The van der Waals surface area contributed by atoms with Crippen LogP contribution in [0, 0.1) is 0 Å². The van der Waals surface area contributed by atoms with Crippen LogP contribution >= 0.6 is 11.6 Å². The zero-order valence-corrected chi connectivity index (χ0v) is 12.8. The van der Waals surface area contributed by atoms with Crippen molar-refractivity contribution < 1.29 is 9.53 Å². The van der Waals surface area contributed by atoms with Gasteiger partial charge >= 0.3 is 0 Å². The molecule has 21 heavy (non-hydrogen) atoms. The Morgan fingerprint density at radius 1 is 1.48 bits per heavy atom. The van der Waals surface area contributed by atoms with E-state index in [-0.39, 0.29) is 5.91 Å². The largest absolute Gasteiger partial charge is 0.481 e. The average molecular weight is 308 g/mol. The SMILES string of the molecule is CCCc1cc(NC(=O)C(C)Oc2cccc(Cl)c2)n[nH]1. The normalized spacial score (nSPS) is 12.0. The maximum Gasteiger partial charge on any atom is 0.266 e. The van der Waals surface area contributed by atoms with Gasteiger partial charge in [0.05, 0.1) is 0 Å². The number of ether oxygens (including phenoxy) is 1. The van der Waals surface area contributed by atoms with Gasteiger partial charge in [0, 0.05) is 16.8 Å². The minimum atomic E-state index is -0.644. The highest BCUT2D eigenvalue weighted by Gasteiger charge is 2.16. The molecule has 0 aliphatic rings. The summed E-state index contributed by atoms with van der Waals surface area (Å²) in [4.78, 5) is 12.0. The summed E-state index contributed by atoms with van der Waals surface area (Å²) in [6, 6.07) is 8.77. The van der Waals surface area contributed by atoms with Gasteiger partial charge in [-0.15, -0.1) is 0 Å². The van der Waals surface area contributed by atoms with Crippen LogP contribution in [0.1, 0.15) is 26.0 Å². The highest BCUT2D eigenvalue weighted by atomic mass is 35.5. The maximum atomic E-state index is 12.0. The highest BCUT2D eigenvalue weighted by Crippen LogP contribution is 2.18. The number of nitrogens with one attached hydrogen (secondary N) is 2. The van der Waals surface area contributed by atoms with Crippen molar-refractivity contribution in [2.24, 2.45) is 0 Å². The van der Waals surface area contributed by atoms with Crippen LogP contribution in [0.4, 0.5) is 5.82 Å². The van der Waals surface area contributed by atoms with E-state index in [1.165, 1.54) is 0 Å². The Morgan fingerprint density at radius 2 is 2.29 bits per heavy atom. The van der Waals surface area contributed by atoms with Crippen molar-refractivity contribution in [3.63, 3.8) is 0 Å². The molecule has 1 amide bonds. The fraction of sp³-hybridized carbons (Fsp3) is 0.333. The Bertz CT molecular complexity index is 612. The predicted molar refractivity (Wildman–Crippen MR) is 82.8 cm³/mol. The zero-order valence-electron chi connectivity index (χ0n) is 12.0. The van der Waals surface area contributed by atoms with E-state index in [1.54, 1.807) is 31.2 Å². The lowest BCUT2D eigenvalue weighted by atomic mass is 10.2. The second kappa shape index (κ2) is 7.13. The number of H-pyrrole nitrogens is 1. The van der Waals surface area contributed by atoms with Crippen molar-refractivity contribution in [1.82, 2.24) is 10.2 Å². The van der Waals surface area contributed by atoms with Crippen LogP contribution in [0.2, 0.25) is 5.02 Å². The minimum Gasteiger partial charge on any atom is -0.481 e. The number of hydrogen-bond donors (Lipinski definition) is 2. The molecule has 1 unspecified atom stereocenters. The molecule has 0 spiro atoms. The van der Waals surface area contributed by atoms with Crippen LogP contribution in [0.15, 0.2) is 30.3 Å². The molecule has 6 heteroatoms. The van der Waals surface area contributed by atoms with Gasteiger partial charge < -0.3 is 10.1 Å². The highest BCUT2D eigenvalue weighted by molar-refractivity contribution is 6.30. The van der Waals surface area contributed by atoms with E-state index in [1.807, 2.05) is 6.07 Å². The lowest BCUT2D eigenvalue weighted by Gasteiger charge is -2.13. The molecule has 112 valence electrons. The van der Waals surface area contributed by atoms with Gasteiger partial charge in [0.2, 0.25) is 0 Å². The molecule has 2 N–H and O–H groups in total. The topological polar surface area (TPSA) is 67.0 Å². The van der Waals surface area contributed by atoms with E-state index in [0.717, 1.165) is 18.5 Å². The van der Waals surface area contributed by atoms with Crippen LogP contribution in [-0.4, -0.2) is 22.2 Å². The smallest absolute Gasteiger partial charge is 0.266 e. The van der Waals surface area contributed by atoms with Gasteiger partial charge in [0.25, 0.3) is 5.91 Å². The molecule has 1 aromatic heterocycles. The number of anilines is 1. The summed E-state index contributed by atoms with van der Waals surface area (Å²) in [5, 5.41) is 10.2. The Labute approximate surface area is 128 Å². The van der Waals surface area contributed by atoms with Gasteiger partial charge in [-0.25, -0.2) is 0 Å². The summed E-state index contributed by atoms with van der Waals surface area (Å²) in [7, 11) is 0. The van der Waals surface area contributed by atoms with Crippen LogP contribution < -0.4 is 10.1 Å². The van der Waals surface area contributed by atoms with Crippen molar-refractivity contribution in [2.45, 2.75) is 32.8 Å². The molecular formula is C15H18ClN3O2. The Kier molecular flexibility index (Phi) is 5.22. The zero-order chi connectivity index (χ0) is 15.2. The fourth-order valence-electron chi connectivity index (χ4n) is 1.85. The van der Waals surface area contributed by atoms with Gasteiger partial charge in [0.1, 0.15) is 5.75 Å². The third-order valence-corrected chi connectivity index (χ3v) is 3.11. The third-order valence-electron chi connectivity index (χ3n) is 2.88. The number of hydrogen-bond acceptors (Lipinski definition) is 3. The molecule has 2 aromatic rings. The fourth-order valence-corrected chi connectivity index (χ4v) is 2.03. The first-order chi connectivity index (χ1) is 10.1. The first-order valence-corrected chi connectivity index (χ1v) is 7.23. The molecule has 0 aliphatic heterocycles. The van der Waals surface area contributed by atoms with Crippen molar-refractivity contribution >= 4 is 23.3 Å². The van der Waals surface area contributed by atoms with E-state index < -0.39 is 6.10 Å². The van der Waals surface area contributed by atoms with Gasteiger partial charge in [0.15, 0.2) is 11.9 Å². The Hall–Kier alpha value is -2.01. The summed E-state index contributed by atoms with van der Waals surface area (Å²) >= 11 is 5.88. The van der Waals surface area contributed by atoms with E-state index in [2.05, 4.69) is 22.4 Å². The molecular weight excluding hydrogens is 290 g/mol. The second-order valence-corrected chi connectivity index (χ2v) is 5.17. The number of halogens is 1. The molecule has 0 saturated heterocycles. The van der Waals surface area contributed by atoms with E-state index >= 15 is 0 Å². The standard InChI is InChI=1S/C15H18ClN3O2/c1-3-5-12-9-14(19-18-12)17-15(20)10(2)21-13-7-4-6-11(16)8-13/h4,6-10H,3,5H2,1-2H3,(H2,17,18,19,20). The first-order valence-electron chi connectivity index (χ1n) is 6.86. The van der Waals surface area contributed by atoms with E-state index in [0.29, 0.717) is 16.6 Å². The van der Waals surface area contributed by atoms with Gasteiger partial charge in [-0.2, -0.15) is 5.10 Å². The summed E-state index contributed by atoms with van der Waals surface area (Å²) < 4.78 is 5.55. The molecule has 1 atom stereocenters. The predicted octanol–water partition coefficient (Wildman–Crippen LogP) is 3.42. The quantitative estimate of drug-likeness (QED) is 0.859. The van der Waals surface area contributed by atoms with Gasteiger partial charge in [-0.3, -0.25) is 9.89 Å². The number of carbonyl (C=O) groups excluding carboxylic acids is 1. The van der Waals surface area contributed by atoms with Crippen molar-refractivity contribution in [2.75, 3.05) is 5.32 Å². The Balaban J connectivity index is 1.92. The average Bonchev–Trinajstić information content (AvgIpc) is 2.86. The molecule has 0 bridgehead atoms. The molecule has 0 radical (unpaired) electrons. The lowest BCUT2D eigenvalue weighted by molar-refractivity contribution is -0.122. The summed E-state index contributed by atoms with van der Waals surface area (Å²) in [6.07, 6.45) is 1.27. The molecule has 0 fully saturated rings. The molecule has 2 rings (SSSR count). The first kappa shape index (κ1) is 15.4. The number of aryl methyl sites for hydroxylation is 1. The number of carbonyl (C=O) groups is 1. The van der Waals surface area contributed by atoms with Crippen molar-refractivity contribution in [3.8, 4) is 5.75 Å². The number of aromatic amines is 1. The second-order valence-electron chi connectivity index (χ2n) is 4.74. The third kappa shape index (κ3) is 4.49. The molecule has 1 aromatic carbocycles. The molecule has 1 heterocycles. The summed E-state index contributed by atoms with van der Waals surface area (Å²) in [5.41, 5.74) is 0.996. The summed E-state index contributed by atoms with van der Waals surface area (Å²) in [6.45, 7) is 3.76. The number of aromatic nitrogens is 2. The maximum absolute atomic E-state index is 12.0. The van der Waals surface area contributed by atoms with E-state index in [4.69, 9.17) is 16.3 Å².